The fourth-order valence-electron chi connectivity index (χ4n) is 3.41. The summed E-state index contributed by atoms with van der Waals surface area (Å²) in [6.07, 6.45) is -4.64. The van der Waals surface area contributed by atoms with E-state index < -0.39 is 29.9 Å². The number of benzene rings is 2. The molecule has 31 heavy (non-hydrogen) atoms. The molecule has 1 N–H and O–H groups in total. The van der Waals surface area contributed by atoms with Crippen LogP contribution in [0.3, 0.4) is 0 Å². The average Bonchev–Trinajstić information content (AvgIpc) is 3.16. The normalized spacial score (nSPS) is 18.7. The van der Waals surface area contributed by atoms with Crippen LogP contribution in [0.4, 0.5) is 18.9 Å². The first-order valence-electron chi connectivity index (χ1n) is 9.35. The lowest BCUT2D eigenvalue weighted by molar-refractivity contribution is -0.170. The van der Waals surface area contributed by atoms with E-state index in [-0.39, 0.29) is 30.2 Å². The molecule has 3 rings (SSSR count). The van der Waals surface area contributed by atoms with E-state index >= 15 is 0 Å². The summed E-state index contributed by atoms with van der Waals surface area (Å²) >= 11 is 0. The zero-order chi connectivity index (χ0) is 22.8. The van der Waals surface area contributed by atoms with Gasteiger partial charge in [-0.15, -0.1) is 0 Å². The van der Waals surface area contributed by atoms with Crippen LogP contribution >= 0.6 is 0 Å². The van der Waals surface area contributed by atoms with Crippen molar-refractivity contribution < 1.29 is 37.4 Å². The summed E-state index contributed by atoms with van der Waals surface area (Å²) in [4.78, 5) is 30.6. The van der Waals surface area contributed by atoms with Crippen molar-refractivity contribution in [2.24, 2.45) is 0 Å². The van der Waals surface area contributed by atoms with Crippen LogP contribution in [0, 0.1) is 0 Å². The maximum absolute atomic E-state index is 12.8. The van der Waals surface area contributed by atoms with Crippen LogP contribution < -0.4 is 9.64 Å². The predicted molar refractivity (Wildman–Crippen MR) is 105 cm³/mol. The van der Waals surface area contributed by atoms with Crippen molar-refractivity contribution in [3.05, 3.63) is 59.7 Å². The monoisotopic (exact) mass is 438 g/mol. The van der Waals surface area contributed by atoms with Gasteiger partial charge in [-0.05, 0) is 48.5 Å². The second-order valence-electron chi connectivity index (χ2n) is 7.04. The molecular weight excluding hydrogens is 417 g/mol. The van der Waals surface area contributed by atoms with Gasteiger partial charge in [-0.2, -0.15) is 13.2 Å². The third-order valence-electron chi connectivity index (χ3n) is 5.06. The molecule has 0 saturated carbocycles. The largest absolute Gasteiger partial charge is 0.488 e. The van der Waals surface area contributed by atoms with Crippen LogP contribution in [0.1, 0.15) is 22.3 Å². The molecule has 1 aliphatic heterocycles. The standard InChI is InChI=1S/C21H21F3N2O5/c1-25(30-2)19(27)18-11-17(31-16-9-5-14(6-10-16)21(22,23)24)12-26(18)15-7-3-13(4-8-15)20(28)29/h3-10,17-18H,11-12H2,1-2H3,(H,28,29)/t17-,18+/m1/s1. The average molecular weight is 438 g/mol. The van der Waals surface area contributed by atoms with Crippen molar-refractivity contribution in [1.29, 1.82) is 0 Å². The quantitative estimate of drug-likeness (QED) is 0.696. The molecule has 0 bridgehead atoms. The summed E-state index contributed by atoms with van der Waals surface area (Å²) in [5, 5.41) is 10.2. The number of carboxylic acids is 1. The third-order valence-corrected chi connectivity index (χ3v) is 5.06. The van der Waals surface area contributed by atoms with E-state index in [2.05, 4.69) is 0 Å². The van der Waals surface area contributed by atoms with Gasteiger partial charge in [0, 0.05) is 19.2 Å². The number of rotatable bonds is 6. The van der Waals surface area contributed by atoms with E-state index in [1.807, 2.05) is 0 Å². The van der Waals surface area contributed by atoms with Gasteiger partial charge in [0.1, 0.15) is 17.9 Å². The van der Waals surface area contributed by atoms with Gasteiger partial charge in [0.25, 0.3) is 5.91 Å². The lowest BCUT2D eigenvalue weighted by Gasteiger charge is -2.28. The molecular formula is C21H21F3N2O5. The minimum Gasteiger partial charge on any atom is -0.488 e. The molecule has 1 heterocycles. The van der Waals surface area contributed by atoms with E-state index in [0.29, 0.717) is 5.69 Å². The predicted octanol–water partition coefficient (Wildman–Crippen LogP) is 3.45. The summed E-state index contributed by atoms with van der Waals surface area (Å²) in [5.74, 6) is -1.14. The Hall–Kier alpha value is -3.27. The number of carboxylic acid groups (broad SMARTS) is 1. The molecule has 2 aromatic carbocycles. The molecule has 1 amide bonds. The van der Waals surface area contributed by atoms with Gasteiger partial charge in [-0.1, -0.05) is 0 Å². The van der Waals surface area contributed by atoms with Gasteiger partial charge >= 0.3 is 12.1 Å². The zero-order valence-corrected chi connectivity index (χ0v) is 16.8. The lowest BCUT2D eigenvalue weighted by Crippen LogP contribution is -2.43. The van der Waals surface area contributed by atoms with E-state index in [4.69, 9.17) is 14.7 Å². The Bertz CT molecular complexity index is 932. The van der Waals surface area contributed by atoms with E-state index in [1.165, 1.54) is 38.4 Å². The summed E-state index contributed by atoms with van der Waals surface area (Å²) in [6, 6.07) is 9.76. The SMILES string of the molecule is CON(C)C(=O)[C@@H]1C[C@@H](Oc2ccc(C(F)(F)F)cc2)CN1c1ccc(C(=O)O)cc1. The molecule has 2 aromatic rings. The van der Waals surface area contributed by atoms with Crippen LogP contribution in [-0.2, 0) is 15.8 Å². The molecule has 2 atom stereocenters. The second-order valence-corrected chi connectivity index (χ2v) is 7.04. The maximum Gasteiger partial charge on any atom is 0.416 e. The molecule has 1 fully saturated rings. The Morgan fingerprint density at radius 3 is 2.23 bits per heavy atom. The molecule has 7 nitrogen and oxygen atoms in total. The van der Waals surface area contributed by atoms with Gasteiger partial charge < -0.3 is 14.7 Å². The van der Waals surface area contributed by atoms with Crippen LogP contribution in [0.2, 0.25) is 0 Å². The van der Waals surface area contributed by atoms with Crippen LogP contribution in [0.15, 0.2) is 48.5 Å². The number of carbonyl (C=O) groups is 2. The van der Waals surface area contributed by atoms with Crippen molar-refractivity contribution >= 4 is 17.6 Å². The zero-order valence-electron chi connectivity index (χ0n) is 16.8. The van der Waals surface area contributed by atoms with Crippen molar-refractivity contribution in [2.45, 2.75) is 24.7 Å². The first-order valence-corrected chi connectivity index (χ1v) is 9.35. The number of ether oxygens (including phenoxy) is 1. The number of likely N-dealkylation sites (N-methyl/N-ethyl adjacent to an activating group) is 1. The molecule has 1 saturated heterocycles. The topological polar surface area (TPSA) is 79.3 Å². The molecule has 0 spiro atoms. The first-order chi connectivity index (χ1) is 14.6. The van der Waals surface area contributed by atoms with Gasteiger partial charge in [0.15, 0.2) is 0 Å². The number of aromatic carboxylic acids is 1. The minimum absolute atomic E-state index is 0.109. The highest BCUT2D eigenvalue weighted by atomic mass is 19.4. The molecule has 0 unspecified atom stereocenters. The Kier molecular flexibility index (Phi) is 6.40. The highest BCUT2D eigenvalue weighted by Crippen LogP contribution is 2.32. The van der Waals surface area contributed by atoms with Crippen molar-refractivity contribution in [2.75, 3.05) is 25.6 Å². The highest BCUT2D eigenvalue weighted by molar-refractivity contribution is 5.89. The van der Waals surface area contributed by atoms with Crippen molar-refractivity contribution in [3.63, 3.8) is 0 Å². The van der Waals surface area contributed by atoms with Gasteiger partial charge in [0.05, 0.1) is 24.8 Å². The maximum atomic E-state index is 12.8. The minimum atomic E-state index is -4.44. The number of carbonyl (C=O) groups excluding carboxylic acids is 1. The molecule has 1 aliphatic rings. The number of anilines is 1. The fraction of sp³-hybridized carbons (Fsp3) is 0.333. The van der Waals surface area contributed by atoms with E-state index in [1.54, 1.807) is 17.0 Å². The van der Waals surface area contributed by atoms with Crippen LogP contribution in [-0.4, -0.2) is 54.9 Å². The van der Waals surface area contributed by atoms with E-state index in [9.17, 15) is 22.8 Å². The molecule has 0 radical (unpaired) electrons. The smallest absolute Gasteiger partial charge is 0.416 e. The molecule has 0 aliphatic carbocycles. The Labute approximate surface area is 176 Å². The number of hydroxylamine groups is 2. The number of alkyl halides is 3. The number of amides is 1. The Morgan fingerprint density at radius 1 is 1.10 bits per heavy atom. The Balaban J connectivity index is 1.80. The summed E-state index contributed by atoms with van der Waals surface area (Å²) in [6.45, 7) is 0.279. The molecule has 166 valence electrons. The number of hydrogen-bond donors (Lipinski definition) is 1. The van der Waals surface area contributed by atoms with E-state index in [0.717, 1.165) is 17.2 Å². The lowest BCUT2D eigenvalue weighted by atomic mass is 10.1. The van der Waals surface area contributed by atoms with Gasteiger partial charge in [-0.3, -0.25) is 9.63 Å². The number of nitrogens with zero attached hydrogens (tertiary/aromatic N) is 2. The first kappa shape index (κ1) is 22.4. The summed E-state index contributed by atoms with van der Waals surface area (Å²) in [5.41, 5.74) is -0.0510. The number of hydrogen-bond acceptors (Lipinski definition) is 5. The summed E-state index contributed by atoms with van der Waals surface area (Å²) < 4.78 is 44.1. The third kappa shape index (κ3) is 5.08. The van der Waals surface area contributed by atoms with Gasteiger partial charge in [-0.25, -0.2) is 9.86 Å². The van der Waals surface area contributed by atoms with Gasteiger partial charge in [0.2, 0.25) is 0 Å². The molecule has 10 heteroatoms. The second kappa shape index (κ2) is 8.84. The summed E-state index contributed by atoms with van der Waals surface area (Å²) in [7, 11) is 2.83. The number of halogens is 3. The fourth-order valence-corrected chi connectivity index (χ4v) is 3.41. The van der Waals surface area contributed by atoms with Crippen molar-refractivity contribution in [3.8, 4) is 5.75 Å². The Morgan fingerprint density at radius 2 is 1.71 bits per heavy atom. The van der Waals surface area contributed by atoms with Crippen LogP contribution in [0.25, 0.3) is 0 Å². The van der Waals surface area contributed by atoms with Crippen molar-refractivity contribution in [1.82, 2.24) is 5.06 Å². The van der Waals surface area contributed by atoms with Crippen LogP contribution in [0.5, 0.6) is 5.75 Å². The molecule has 0 aromatic heterocycles. The highest BCUT2D eigenvalue weighted by Gasteiger charge is 2.40.